The van der Waals surface area contributed by atoms with Crippen LogP contribution in [0.3, 0.4) is 0 Å². The van der Waals surface area contributed by atoms with Crippen molar-refractivity contribution < 1.29 is 5.11 Å². The molecule has 0 fully saturated rings. The highest BCUT2D eigenvalue weighted by Crippen LogP contribution is 2.28. The standard InChI is InChI=1S/C9H12N2O/c1-6(12)9-10-7-4-2-3-5-8(7)11-9/h2-6,9-12H,1H3. The molecule has 1 aliphatic rings. The van der Waals surface area contributed by atoms with E-state index in [0.717, 1.165) is 11.4 Å². The molecule has 1 heterocycles. The molecule has 1 atom stereocenters. The predicted octanol–water partition coefficient (Wildman–Crippen LogP) is 1.23. The number of anilines is 2. The molecular formula is C9H12N2O. The Morgan fingerprint density at radius 2 is 1.75 bits per heavy atom. The van der Waals surface area contributed by atoms with Crippen LogP contribution in [0.2, 0.25) is 0 Å². The maximum atomic E-state index is 9.30. The van der Waals surface area contributed by atoms with Crippen molar-refractivity contribution in [1.82, 2.24) is 0 Å². The molecule has 0 saturated heterocycles. The summed E-state index contributed by atoms with van der Waals surface area (Å²) in [5.74, 6) is 0. The van der Waals surface area contributed by atoms with Gasteiger partial charge in [0.1, 0.15) is 6.17 Å². The molecule has 3 nitrogen and oxygen atoms in total. The Labute approximate surface area is 71.4 Å². The Morgan fingerprint density at radius 3 is 2.17 bits per heavy atom. The highest BCUT2D eigenvalue weighted by atomic mass is 16.3. The molecule has 1 unspecified atom stereocenters. The largest absolute Gasteiger partial charge is 0.389 e. The fraction of sp³-hybridized carbons (Fsp3) is 0.333. The van der Waals surface area contributed by atoms with E-state index < -0.39 is 6.10 Å². The van der Waals surface area contributed by atoms with Crippen LogP contribution < -0.4 is 10.6 Å². The number of aliphatic hydroxyl groups is 1. The lowest BCUT2D eigenvalue weighted by Crippen LogP contribution is -2.33. The number of rotatable bonds is 1. The van der Waals surface area contributed by atoms with Crippen molar-refractivity contribution in [1.29, 1.82) is 0 Å². The van der Waals surface area contributed by atoms with Crippen molar-refractivity contribution in [3.63, 3.8) is 0 Å². The normalized spacial score (nSPS) is 17.8. The topological polar surface area (TPSA) is 44.3 Å². The van der Waals surface area contributed by atoms with Crippen LogP contribution in [-0.4, -0.2) is 17.4 Å². The summed E-state index contributed by atoms with van der Waals surface area (Å²) in [7, 11) is 0. The van der Waals surface area contributed by atoms with Gasteiger partial charge in [-0.05, 0) is 19.1 Å². The number of fused-ring (bicyclic) bond motifs is 1. The molecule has 0 aromatic heterocycles. The maximum absolute atomic E-state index is 9.30. The molecule has 0 bridgehead atoms. The average molecular weight is 164 g/mol. The lowest BCUT2D eigenvalue weighted by molar-refractivity contribution is 0.182. The quantitative estimate of drug-likeness (QED) is 0.585. The first-order valence-corrected chi connectivity index (χ1v) is 4.07. The van der Waals surface area contributed by atoms with Crippen molar-refractivity contribution in [2.75, 3.05) is 10.6 Å². The molecule has 1 aliphatic heterocycles. The van der Waals surface area contributed by atoms with Crippen molar-refractivity contribution in [3.8, 4) is 0 Å². The Bertz CT molecular complexity index is 261. The summed E-state index contributed by atoms with van der Waals surface area (Å²) < 4.78 is 0. The number of benzene rings is 1. The second kappa shape index (κ2) is 2.68. The van der Waals surface area contributed by atoms with Gasteiger partial charge in [-0.3, -0.25) is 0 Å². The van der Waals surface area contributed by atoms with E-state index in [1.165, 1.54) is 0 Å². The summed E-state index contributed by atoms with van der Waals surface area (Å²) in [4.78, 5) is 0. The second-order valence-electron chi connectivity index (χ2n) is 3.05. The van der Waals surface area contributed by atoms with Crippen LogP contribution >= 0.6 is 0 Å². The van der Waals surface area contributed by atoms with E-state index in [2.05, 4.69) is 10.6 Å². The lowest BCUT2D eigenvalue weighted by atomic mass is 10.3. The molecule has 64 valence electrons. The van der Waals surface area contributed by atoms with Gasteiger partial charge in [-0.2, -0.15) is 0 Å². The van der Waals surface area contributed by atoms with Gasteiger partial charge in [-0.1, -0.05) is 12.1 Å². The Balaban J connectivity index is 2.22. The maximum Gasteiger partial charge on any atom is 0.123 e. The third kappa shape index (κ3) is 1.12. The summed E-state index contributed by atoms with van der Waals surface area (Å²) in [5, 5.41) is 15.6. The first-order valence-electron chi connectivity index (χ1n) is 4.07. The van der Waals surface area contributed by atoms with E-state index in [1.54, 1.807) is 6.92 Å². The Kier molecular flexibility index (Phi) is 1.66. The van der Waals surface area contributed by atoms with Crippen LogP contribution in [0, 0.1) is 0 Å². The van der Waals surface area contributed by atoms with Crippen molar-refractivity contribution in [2.24, 2.45) is 0 Å². The summed E-state index contributed by atoms with van der Waals surface area (Å²) in [6, 6.07) is 7.92. The van der Waals surface area contributed by atoms with Gasteiger partial charge in [0, 0.05) is 0 Å². The molecule has 0 aliphatic carbocycles. The minimum atomic E-state index is -0.391. The van der Waals surface area contributed by atoms with Crippen LogP contribution in [0.1, 0.15) is 6.92 Å². The zero-order valence-corrected chi connectivity index (χ0v) is 6.91. The van der Waals surface area contributed by atoms with Crippen molar-refractivity contribution in [3.05, 3.63) is 24.3 Å². The smallest absolute Gasteiger partial charge is 0.123 e. The monoisotopic (exact) mass is 164 g/mol. The third-order valence-corrected chi connectivity index (χ3v) is 2.03. The van der Waals surface area contributed by atoms with Crippen LogP contribution in [0.15, 0.2) is 24.3 Å². The van der Waals surface area contributed by atoms with Crippen LogP contribution in [0.5, 0.6) is 0 Å². The second-order valence-corrected chi connectivity index (χ2v) is 3.05. The van der Waals surface area contributed by atoms with E-state index in [0.29, 0.717) is 0 Å². The molecule has 12 heavy (non-hydrogen) atoms. The molecule has 0 saturated carbocycles. The minimum absolute atomic E-state index is 0.0533. The van der Waals surface area contributed by atoms with E-state index in [9.17, 15) is 5.11 Å². The first kappa shape index (κ1) is 7.43. The Hall–Kier alpha value is -1.22. The molecule has 1 aromatic rings. The highest BCUT2D eigenvalue weighted by molar-refractivity contribution is 5.74. The van der Waals surface area contributed by atoms with Gasteiger partial charge in [0.05, 0.1) is 17.5 Å². The number of para-hydroxylation sites is 2. The van der Waals surface area contributed by atoms with Gasteiger partial charge >= 0.3 is 0 Å². The summed E-state index contributed by atoms with van der Waals surface area (Å²) >= 11 is 0. The van der Waals surface area contributed by atoms with Gasteiger partial charge in [-0.15, -0.1) is 0 Å². The molecule has 2 rings (SSSR count). The number of aliphatic hydroxyl groups excluding tert-OH is 1. The zero-order valence-electron chi connectivity index (χ0n) is 6.91. The van der Waals surface area contributed by atoms with E-state index in [4.69, 9.17) is 0 Å². The molecule has 3 N–H and O–H groups in total. The van der Waals surface area contributed by atoms with E-state index in [1.807, 2.05) is 24.3 Å². The van der Waals surface area contributed by atoms with Gasteiger partial charge in [0.15, 0.2) is 0 Å². The summed E-state index contributed by atoms with van der Waals surface area (Å²) in [6.07, 6.45) is -0.445. The fourth-order valence-electron chi connectivity index (χ4n) is 1.35. The molecule has 0 radical (unpaired) electrons. The van der Waals surface area contributed by atoms with E-state index >= 15 is 0 Å². The zero-order chi connectivity index (χ0) is 8.55. The van der Waals surface area contributed by atoms with Gasteiger partial charge in [-0.25, -0.2) is 0 Å². The SMILES string of the molecule is CC(O)C1Nc2ccccc2N1. The number of nitrogens with one attached hydrogen (secondary N) is 2. The lowest BCUT2D eigenvalue weighted by Gasteiger charge is -2.14. The summed E-state index contributed by atoms with van der Waals surface area (Å²) in [6.45, 7) is 1.76. The number of hydrogen-bond acceptors (Lipinski definition) is 3. The average Bonchev–Trinajstić information content (AvgIpc) is 2.46. The van der Waals surface area contributed by atoms with Crippen LogP contribution in [-0.2, 0) is 0 Å². The van der Waals surface area contributed by atoms with Crippen molar-refractivity contribution in [2.45, 2.75) is 19.2 Å². The molecule has 3 heteroatoms. The molecule has 0 amide bonds. The summed E-state index contributed by atoms with van der Waals surface area (Å²) in [5.41, 5.74) is 2.12. The fourth-order valence-corrected chi connectivity index (χ4v) is 1.35. The van der Waals surface area contributed by atoms with Crippen LogP contribution in [0.25, 0.3) is 0 Å². The van der Waals surface area contributed by atoms with Gasteiger partial charge < -0.3 is 15.7 Å². The Morgan fingerprint density at radius 1 is 1.25 bits per heavy atom. The first-order chi connectivity index (χ1) is 5.77. The number of hydrogen-bond donors (Lipinski definition) is 3. The van der Waals surface area contributed by atoms with Crippen molar-refractivity contribution >= 4 is 11.4 Å². The predicted molar refractivity (Wildman–Crippen MR) is 49.2 cm³/mol. The van der Waals surface area contributed by atoms with E-state index in [-0.39, 0.29) is 6.17 Å². The van der Waals surface area contributed by atoms with Crippen LogP contribution in [0.4, 0.5) is 11.4 Å². The molecule has 0 spiro atoms. The molecular weight excluding hydrogens is 152 g/mol. The third-order valence-electron chi connectivity index (χ3n) is 2.03. The van der Waals surface area contributed by atoms with Gasteiger partial charge in [0.25, 0.3) is 0 Å². The molecule has 1 aromatic carbocycles. The van der Waals surface area contributed by atoms with Gasteiger partial charge in [0.2, 0.25) is 0 Å². The highest BCUT2D eigenvalue weighted by Gasteiger charge is 2.21. The minimum Gasteiger partial charge on any atom is -0.389 e.